The van der Waals surface area contributed by atoms with Crippen molar-refractivity contribution in [2.45, 2.75) is 57.9 Å². The van der Waals surface area contributed by atoms with Gasteiger partial charge < -0.3 is 19.3 Å². The maximum absolute atomic E-state index is 13.3. The number of thiazole rings is 1. The first-order valence-electron chi connectivity index (χ1n) is 13.3. The Morgan fingerprint density at radius 1 is 1.24 bits per heavy atom. The van der Waals surface area contributed by atoms with Gasteiger partial charge in [0.15, 0.2) is 5.69 Å². The number of nitrogens with zero attached hydrogens (tertiary/aromatic N) is 4. The maximum atomic E-state index is 13.3. The van der Waals surface area contributed by atoms with Gasteiger partial charge in [-0.25, -0.2) is 9.97 Å². The highest BCUT2D eigenvalue weighted by atomic mass is 32.1. The number of likely N-dealkylation sites (N-methyl/N-ethyl adjacent to an activating group) is 1. The third-order valence-electron chi connectivity index (χ3n) is 7.15. The molecule has 1 aliphatic heterocycles. The summed E-state index contributed by atoms with van der Waals surface area (Å²) in [5, 5.41) is 1.67. The molecule has 0 aliphatic carbocycles. The molecule has 3 heterocycles. The number of fused-ring (bicyclic) bond motifs is 1. The summed E-state index contributed by atoms with van der Waals surface area (Å²) in [5.74, 6) is 0.540. The number of amides is 2. The van der Waals surface area contributed by atoms with Crippen molar-refractivity contribution in [1.29, 1.82) is 0 Å². The number of benzene rings is 1. The average Bonchev–Trinajstić information content (AvgIpc) is 3.59. The highest BCUT2D eigenvalue weighted by Gasteiger charge is 2.41. The first-order chi connectivity index (χ1) is 19.4. The Labute approximate surface area is 240 Å². The fourth-order valence-electron chi connectivity index (χ4n) is 4.98. The van der Waals surface area contributed by atoms with Gasteiger partial charge in [-0.15, -0.1) is 17.9 Å². The zero-order valence-electron chi connectivity index (χ0n) is 23.5. The van der Waals surface area contributed by atoms with Crippen LogP contribution in [-0.4, -0.2) is 71.0 Å². The number of methoxy groups -OCH3 is 1. The Bertz CT molecular complexity index is 1440. The van der Waals surface area contributed by atoms with Gasteiger partial charge in [0, 0.05) is 49.3 Å². The van der Waals surface area contributed by atoms with E-state index in [0.29, 0.717) is 34.5 Å². The number of likely N-dealkylation sites (tertiary alicyclic amines) is 1. The van der Waals surface area contributed by atoms with Crippen molar-refractivity contribution >= 4 is 34.1 Å². The molecule has 2 amide bonds. The van der Waals surface area contributed by atoms with E-state index in [4.69, 9.17) is 9.47 Å². The lowest BCUT2D eigenvalue weighted by Gasteiger charge is -2.26. The molecule has 1 aliphatic rings. The van der Waals surface area contributed by atoms with E-state index >= 15 is 0 Å². The lowest BCUT2D eigenvalue weighted by Crippen LogP contribution is -2.46. The van der Waals surface area contributed by atoms with Crippen LogP contribution < -0.4 is 9.47 Å². The first-order valence-corrected chi connectivity index (χ1v) is 14.1. The molecule has 1 saturated heterocycles. The van der Waals surface area contributed by atoms with Gasteiger partial charge in [0.05, 0.1) is 19.2 Å². The molecule has 0 saturated carbocycles. The average molecular weight is 591 g/mol. The molecule has 0 N–H and O–H groups in total. The first kappa shape index (κ1) is 30.3. The number of hydrogen-bond donors (Lipinski definition) is 0. The normalized spacial score (nSPS) is 17.1. The second-order valence-corrected chi connectivity index (χ2v) is 10.9. The van der Waals surface area contributed by atoms with Crippen molar-refractivity contribution in [2.75, 3.05) is 27.2 Å². The van der Waals surface area contributed by atoms with E-state index in [1.807, 2.05) is 6.08 Å². The summed E-state index contributed by atoms with van der Waals surface area (Å²) in [7, 11) is 3.25. The minimum Gasteiger partial charge on any atom is -0.496 e. The molecular formula is C29H33F3N4O4S. The Kier molecular flexibility index (Phi) is 9.21. The molecule has 1 fully saturated rings. The van der Waals surface area contributed by atoms with E-state index in [2.05, 4.69) is 16.5 Å². The number of ether oxygens (including phenoxy) is 2. The molecule has 2 aromatic heterocycles. The lowest BCUT2D eigenvalue weighted by molar-refractivity contribution is -0.142. The number of carbonyl (C=O) groups is 2. The molecule has 0 radical (unpaired) electrons. The molecule has 0 spiro atoms. The predicted octanol–water partition coefficient (Wildman–Crippen LogP) is 5.88. The Balaban J connectivity index is 1.66. The van der Waals surface area contributed by atoms with Crippen molar-refractivity contribution in [3.63, 3.8) is 0 Å². The van der Waals surface area contributed by atoms with Crippen molar-refractivity contribution in [2.24, 2.45) is 0 Å². The topological polar surface area (TPSA) is 84.9 Å². The van der Waals surface area contributed by atoms with E-state index in [1.165, 1.54) is 18.9 Å². The summed E-state index contributed by atoms with van der Waals surface area (Å²) < 4.78 is 51.6. The van der Waals surface area contributed by atoms with Crippen LogP contribution in [0.25, 0.3) is 21.6 Å². The number of allylic oxidation sites excluding steroid dienone is 1. The van der Waals surface area contributed by atoms with Gasteiger partial charge >= 0.3 is 6.18 Å². The number of carbonyl (C=O) groups excluding carboxylic acids is 2. The second kappa shape index (κ2) is 12.5. The van der Waals surface area contributed by atoms with Crippen molar-refractivity contribution < 1.29 is 32.2 Å². The molecule has 220 valence electrons. The van der Waals surface area contributed by atoms with Gasteiger partial charge in [0.2, 0.25) is 11.8 Å². The van der Waals surface area contributed by atoms with E-state index < -0.39 is 24.0 Å². The number of unbranched alkanes of at least 4 members (excludes halogenated alkanes) is 2. The van der Waals surface area contributed by atoms with Crippen LogP contribution >= 0.6 is 11.3 Å². The number of aromatic nitrogens is 2. The van der Waals surface area contributed by atoms with Crippen molar-refractivity contribution in [3.05, 3.63) is 47.5 Å². The summed E-state index contributed by atoms with van der Waals surface area (Å²) >= 11 is 0.838. The molecule has 2 atom stereocenters. The Hall–Kier alpha value is -3.67. The number of aryl methyl sites for hydroxylation is 1. The van der Waals surface area contributed by atoms with Crippen molar-refractivity contribution in [1.82, 2.24) is 19.8 Å². The standard InChI is InChI=1S/C29H33F3N4O4S/c1-6-7-8-9-12-35(4)28(38)22-13-19(15-36(22)18(3)37)40-24-14-21(27-34-25(16-41-27)29(30,31)32)33-26-17(2)23(39-5)11-10-20(24)26/h6,10-11,14,16,19,22H,1,7-9,12-13,15H2,2-5H3/t19-,22-/m0/s1. The van der Waals surface area contributed by atoms with E-state index in [1.54, 1.807) is 37.1 Å². The Morgan fingerprint density at radius 3 is 2.63 bits per heavy atom. The van der Waals surface area contributed by atoms with Crippen LogP contribution in [-0.2, 0) is 15.8 Å². The van der Waals surface area contributed by atoms with Gasteiger partial charge in [-0.05, 0) is 38.3 Å². The summed E-state index contributed by atoms with van der Waals surface area (Å²) in [4.78, 5) is 37.3. The Morgan fingerprint density at radius 2 is 2.00 bits per heavy atom. The van der Waals surface area contributed by atoms with Gasteiger partial charge in [-0.3, -0.25) is 9.59 Å². The number of rotatable bonds is 10. The van der Waals surface area contributed by atoms with E-state index in [9.17, 15) is 22.8 Å². The number of alkyl halides is 3. The number of pyridine rings is 1. The molecule has 0 bridgehead atoms. The quantitative estimate of drug-likeness (QED) is 0.217. The SMILES string of the molecule is C=CCCCCN(C)C(=O)[C@@H]1C[C@H](Oc2cc(-c3nc(C(F)(F)F)cs3)nc3c(C)c(OC)ccc23)CN1C(C)=O. The lowest BCUT2D eigenvalue weighted by atomic mass is 10.1. The molecule has 4 rings (SSSR count). The minimum atomic E-state index is -4.58. The monoisotopic (exact) mass is 590 g/mol. The second-order valence-electron chi connectivity index (χ2n) is 10.0. The molecule has 3 aromatic rings. The largest absolute Gasteiger partial charge is 0.496 e. The predicted molar refractivity (Wildman–Crippen MR) is 151 cm³/mol. The highest BCUT2D eigenvalue weighted by molar-refractivity contribution is 7.13. The summed E-state index contributed by atoms with van der Waals surface area (Å²) in [5.41, 5.74) is 0.408. The molecule has 0 unspecified atom stereocenters. The van der Waals surface area contributed by atoms with Crippen LogP contribution in [0.5, 0.6) is 11.5 Å². The van der Waals surface area contributed by atoms with Crippen LogP contribution in [0, 0.1) is 6.92 Å². The summed E-state index contributed by atoms with van der Waals surface area (Å²) in [6, 6.07) is 4.42. The minimum absolute atomic E-state index is 0.0919. The van der Waals surface area contributed by atoms with Gasteiger partial charge in [0.25, 0.3) is 0 Å². The zero-order chi connectivity index (χ0) is 29.9. The maximum Gasteiger partial charge on any atom is 0.434 e. The third kappa shape index (κ3) is 6.64. The third-order valence-corrected chi connectivity index (χ3v) is 8.02. The van der Waals surface area contributed by atoms with Gasteiger partial charge in [-0.2, -0.15) is 13.2 Å². The zero-order valence-corrected chi connectivity index (χ0v) is 24.3. The number of halogens is 3. The fraction of sp³-hybridized carbons (Fsp3) is 0.448. The van der Waals surface area contributed by atoms with Gasteiger partial charge in [-0.1, -0.05) is 6.08 Å². The van der Waals surface area contributed by atoms with Gasteiger partial charge in [0.1, 0.15) is 34.3 Å². The van der Waals surface area contributed by atoms with Crippen LogP contribution in [0.3, 0.4) is 0 Å². The van der Waals surface area contributed by atoms with Crippen LogP contribution in [0.4, 0.5) is 13.2 Å². The molecule has 1 aromatic carbocycles. The smallest absolute Gasteiger partial charge is 0.434 e. The van der Waals surface area contributed by atoms with Crippen LogP contribution in [0.1, 0.15) is 43.9 Å². The molecular weight excluding hydrogens is 557 g/mol. The summed E-state index contributed by atoms with van der Waals surface area (Å²) in [6.07, 6.45) is -0.379. The molecule has 12 heteroatoms. The van der Waals surface area contributed by atoms with E-state index in [0.717, 1.165) is 36.0 Å². The van der Waals surface area contributed by atoms with Crippen LogP contribution in [0.2, 0.25) is 0 Å². The summed E-state index contributed by atoms with van der Waals surface area (Å²) in [6.45, 7) is 7.70. The van der Waals surface area contributed by atoms with Crippen LogP contribution in [0.15, 0.2) is 36.2 Å². The van der Waals surface area contributed by atoms with E-state index in [-0.39, 0.29) is 35.5 Å². The van der Waals surface area contributed by atoms with Crippen molar-refractivity contribution in [3.8, 4) is 22.2 Å². The molecule has 41 heavy (non-hydrogen) atoms. The number of hydrogen-bond acceptors (Lipinski definition) is 7. The fourth-order valence-corrected chi connectivity index (χ4v) is 5.76. The highest BCUT2D eigenvalue weighted by Crippen LogP contribution is 2.39. The molecule has 8 nitrogen and oxygen atoms in total.